The number of carbonyl (C=O) groups excluding carboxylic acids is 1. The number of benzene rings is 2. The summed E-state index contributed by atoms with van der Waals surface area (Å²) in [5.41, 5.74) is 3.48. The van der Waals surface area contributed by atoms with E-state index in [1.165, 1.54) is 23.9 Å². The summed E-state index contributed by atoms with van der Waals surface area (Å²) in [6.07, 6.45) is 2.81. The van der Waals surface area contributed by atoms with Crippen molar-refractivity contribution in [2.75, 3.05) is 5.43 Å². The Morgan fingerprint density at radius 1 is 1.03 bits per heavy atom. The number of amides is 1. The molecule has 0 fully saturated rings. The second kappa shape index (κ2) is 7.86. The number of hydrogen-bond acceptors (Lipinski definition) is 6. The van der Waals surface area contributed by atoms with Crippen molar-refractivity contribution in [1.29, 1.82) is 0 Å². The number of aryl methyl sites for hydroxylation is 1. The third-order valence-electron chi connectivity index (χ3n) is 5.15. The summed E-state index contributed by atoms with van der Waals surface area (Å²) in [4.78, 5) is 44.3. The number of rotatable bonds is 4. The minimum absolute atomic E-state index is 0.331. The van der Waals surface area contributed by atoms with Crippen LogP contribution in [0, 0.1) is 6.92 Å². The van der Waals surface area contributed by atoms with Gasteiger partial charge < -0.3 is 0 Å². The molecule has 5 rings (SSSR count). The number of hydrogen-bond donors (Lipinski definition) is 1. The normalized spacial score (nSPS) is 11.2. The summed E-state index contributed by atoms with van der Waals surface area (Å²) < 4.78 is 2.12. The molecule has 5 aromatic rings. The van der Waals surface area contributed by atoms with Gasteiger partial charge in [0.1, 0.15) is 17.7 Å². The predicted octanol–water partition coefficient (Wildman–Crippen LogP) is 2.91. The van der Waals surface area contributed by atoms with Gasteiger partial charge in [-0.05, 0) is 18.6 Å². The predicted molar refractivity (Wildman–Crippen MR) is 124 cm³/mol. The second-order valence-electron chi connectivity index (χ2n) is 7.23. The van der Waals surface area contributed by atoms with Crippen molar-refractivity contribution in [3.05, 3.63) is 92.7 Å². The fourth-order valence-electron chi connectivity index (χ4n) is 3.68. The first-order chi connectivity index (χ1) is 15.5. The van der Waals surface area contributed by atoms with Crippen LogP contribution in [0.5, 0.6) is 0 Å². The number of nitrogens with one attached hydrogen (secondary N) is 1. The molecule has 1 N–H and O–H groups in total. The van der Waals surface area contributed by atoms with E-state index in [-0.39, 0.29) is 17.7 Å². The highest BCUT2D eigenvalue weighted by Crippen LogP contribution is 2.35. The third-order valence-corrected chi connectivity index (χ3v) is 6.16. The minimum atomic E-state index is -0.564. The quantitative estimate of drug-likeness (QED) is 0.461. The van der Waals surface area contributed by atoms with E-state index >= 15 is 0 Å². The first-order valence-electron chi connectivity index (χ1n) is 9.84. The molecule has 0 aliphatic carbocycles. The molecule has 0 aliphatic heterocycles. The highest BCUT2D eigenvalue weighted by molar-refractivity contribution is 7.19. The molecule has 0 aliphatic rings. The van der Waals surface area contributed by atoms with Crippen molar-refractivity contribution in [3.63, 3.8) is 0 Å². The SMILES string of the molecule is Cc1sc2ncn(NC(=O)Cn3ncc4ccccc4c3=O)c(=O)c2c1-c1ccccc1. The first kappa shape index (κ1) is 19.8. The Morgan fingerprint density at radius 3 is 2.59 bits per heavy atom. The first-order valence-corrected chi connectivity index (χ1v) is 10.7. The average molecular weight is 443 g/mol. The van der Waals surface area contributed by atoms with Crippen molar-refractivity contribution in [2.24, 2.45) is 0 Å². The van der Waals surface area contributed by atoms with Crippen LogP contribution in [0.1, 0.15) is 4.88 Å². The molecule has 0 spiro atoms. The fraction of sp³-hybridized carbons (Fsp3) is 0.0870. The minimum Gasteiger partial charge on any atom is -0.271 e. The van der Waals surface area contributed by atoms with Gasteiger partial charge in [-0.25, -0.2) is 14.3 Å². The molecule has 0 unspecified atom stereocenters. The lowest BCUT2D eigenvalue weighted by atomic mass is 10.0. The van der Waals surface area contributed by atoms with Gasteiger partial charge in [-0.3, -0.25) is 19.8 Å². The maximum Gasteiger partial charge on any atom is 0.281 e. The molecule has 0 saturated heterocycles. The zero-order chi connectivity index (χ0) is 22.2. The lowest BCUT2D eigenvalue weighted by Crippen LogP contribution is -2.37. The van der Waals surface area contributed by atoms with E-state index in [2.05, 4.69) is 15.5 Å². The van der Waals surface area contributed by atoms with Crippen LogP contribution in [0.3, 0.4) is 0 Å². The monoisotopic (exact) mass is 443 g/mol. The third kappa shape index (κ3) is 3.38. The van der Waals surface area contributed by atoms with Crippen molar-refractivity contribution in [1.82, 2.24) is 19.4 Å². The topological polar surface area (TPSA) is 98.9 Å². The lowest BCUT2D eigenvalue weighted by Gasteiger charge is -2.09. The largest absolute Gasteiger partial charge is 0.281 e. The molecule has 3 aromatic heterocycles. The standard InChI is InChI=1S/C23H17N5O3S/c1-14-19(15-7-3-2-4-8-15)20-21(32-14)24-13-28(23(20)31)26-18(29)12-27-22(30)17-10-6-5-9-16(17)11-25-27/h2-11,13H,12H2,1H3,(H,26,29). The van der Waals surface area contributed by atoms with E-state index in [0.717, 1.165) is 25.4 Å². The molecule has 9 heteroatoms. The zero-order valence-electron chi connectivity index (χ0n) is 17.0. The molecule has 0 radical (unpaired) electrons. The molecule has 32 heavy (non-hydrogen) atoms. The molecule has 0 bridgehead atoms. The van der Waals surface area contributed by atoms with Gasteiger partial charge in [0.05, 0.1) is 17.0 Å². The summed E-state index contributed by atoms with van der Waals surface area (Å²) >= 11 is 1.43. The van der Waals surface area contributed by atoms with Gasteiger partial charge in [0, 0.05) is 15.8 Å². The van der Waals surface area contributed by atoms with Crippen LogP contribution in [0.4, 0.5) is 0 Å². The van der Waals surface area contributed by atoms with Crippen LogP contribution in [0.2, 0.25) is 0 Å². The van der Waals surface area contributed by atoms with Crippen LogP contribution in [0.15, 0.2) is 76.7 Å². The highest BCUT2D eigenvalue weighted by atomic mass is 32.1. The molecule has 0 saturated carbocycles. The van der Waals surface area contributed by atoms with Gasteiger partial charge in [0.15, 0.2) is 0 Å². The number of aromatic nitrogens is 4. The molecule has 8 nitrogen and oxygen atoms in total. The highest BCUT2D eigenvalue weighted by Gasteiger charge is 2.18. The van der Waals surface area contributed by atoms with E-state index in [4.69, 9.17) is 0 Å². The maximum atomic E-state index is 13.2. The Kier molecular flexibility index (Phi) is 4.87. The second-order valence-corrected chi connectivity index (χ2v) is 8.43. The van der Waals surface area contributed by atoms with Gasteiger partial charge in [-0.2, -0.15) is 5.10 Å². The summed E-state index contributed by atoms with van der Waals surface area (Å²) in [6.45, 7) is 1.61. The summed E-state index contributed by atoms with van der Waals surface area (Å²) in [5, 5.41) is 5.67. The van der Waals surface area contributed by atoms with Crippen LogP contribution < -0.4 is 16.5 Å². The van der Waals surface area contributed by atoms with Gasteiger partial charge in [-0.1, -0.05) is 48.5 Å². The maximum absolute atomic E-state index is 13.2. The van der Waals surface area contributed by atoms with Gasteiger partial charge in [-0.15, -0.1) is 11.3 Å². The molecule has 2 aromatic carbocycles. The number of thiophene rings is 1. The Hall–Kier alpha value is -4.11. The van der Waals surface area contributed by atoms with Crippen molar-refractivity contribution in [3.8, 4) is 11.1 Å². The Morgan fingerprint density at radius 2 is 1.78 bits per heavy atom. The van der Waals surface area contributed by atoms with Gasteiger partial charge in [0.25, 0.3) is 17.0 Å². The van der Waals surface area contributed by atoms with Crippen molar-refractivity contribution >= 4 is 38.2 Å². The van der Waals surface area contributed by atoms with E-state index in [1.54, 1.807) is 18.2 Å². The molecule has 0 atom stereocenters. The number of nitrogens with zero attached hydrogens (tertiary/aromatic N) is 4. The molecule has 158 valence electrons. The molecule has 1 amide bonds. The van der Waals surface area contributed by atoms with E-state index in [9.17, 15) is 14.4 Å². The lowest BCUT2D eigenvalue weighted by molar-refractivity contribution is -0.117. The van der Waals surface area contributed by atoms with Crippen molar-refractivity contribution < 1.29 is 4.79 Å². The molecular formula is C23H17N5O3S. The number of fused-ring (bicyclic) bond motifs is 2. The van der Waals surface area contributed by atoms with Crippen molar-refractivity contribution in [2.45, 2.75) is 13.5 Å². The van der Waals surface area contributed by atoms with Crippen LogP contribution in [-0.4, -0.2) is 25.3 Å². The molecular weight excluding hydrogens is 426 g/mol. The smallest absolute Gasteiger partial charge is 0.271 e. The van der Waals surface area contributed by atoms with E-state index in [0.29, 0.717) is 21.0 Å². The zero-order valence-corrected chi connectivity index (χ0v) is 17.8. The van der Waals surface area contributed by atoms with E-state index < -0.39 is 5.91 Å². The van der Waals surface area contributed by atoms with Crippen LogP contribution in [0.25, 0.3) is 32.1 Å². The van der Waals surface area contributed by atoms with Crippen LogP contribution >= 0.6 is 11.3 Å². The summed E-state index contributed by atoms with van der Waals surface area (Å²) in [6, 6.07) is 16.6. The Labute approximate surface area is 185 Å². The molecule has 3 heterocycles. The van der Waals surface area contributed by atoms with Gasteiger partial charge >= 0.3 is 0 Å². The summed E-state index contributed by atoms with van der Waals surface area (Å²) in [7, 11) is 0. The fourth-order valence-corrected chi connectivity index (χ4v) is 4.68. The number of carbonyl (C=O) groups is 1. The van der Waals surface area contributed by atoms with Crippen LogP contribution in [-0.2, 0) is 11.3 Å². The average Bonchev–Trinajstić information content (AvgIpc) is 3.15. The summed E-state index contributed by atoms with van der Waals surface area (Å²) in [5.74, 6) is -0.564. The Balaban J connectivity index is 1.49. The Bertz CT molecular complexity index is 1600. The van der Waals surface area contributed by atoms with E-state index in [1.807, 2.05) is 43.3 Å². The van der Waals surface area contributed by atoms with Gasteiger partial charge in [0.2, 0.25) is 0 Å².